The minimum atomic E-state index is -1.74. The van der Waals surface area contributed by atoms with E-state index in [1.165, 1.54) is 15.9 Å². The molecule has 0 unspecified atom stereocenters. The topological polar surface area (TPSA) is 0 Å². The van der Waals surface area contributed by atoms with Gasteiger partial charge in [0.25, 0.3) is 0 Å². The highest BCUT2D eigenvalue weighted by molar-refractivity contribution is 7.95. The lowest BCUT2D eigenvalue weighted by Crippen LogP contribution is -2.33. The van der Waals surface area contributed by atoms with E-state index in [9.17, 15) is 0 Å². The summed E-state index contributed by atoms with van der Waals surface area (Å²) in [5, 5.41) is 4.17. The van der Waals surface area contributed by atoms with Crippen molar-refractivity contribution in [2.75, 3.05) is 6.16 Å². The third-order valence-corrected chi connectivity index (χ3v) is 8.26. The fourth-order valence-electron chi connectivity index (χ4n) is 2.97. The number of hydrogen-bond donors (Lipinski definition) is 0. The zero-order chi connectivity index (χ0) is 16.0. The van der Waals surface area contributed by atoms with Crippen LogP contribution >= 0.6 is 7.26 Å². The van der Waals surface area contributed by atoms with Crippen LogP contribution < -0.4 is 15.9 Å². The van der Waals surface area contributed by atoms with E-state index < -0.39 is 7.26 Å². The van der Waals surface area contributed by atoms with Crippen molar-refractivity contribution in [1.29, 1.82) is 0 Å². The maximum atomic E-state index is 3.38. The SMILES string of the molecule is CC#CC[P+](c1ccccc1)(c1ccccc1)c1ccccc1. The number of benzene rings is 3. The second-order valence-corrected chi connectivity index (χ2v) is 8.89. The van der Waals surface area contributed by atoms with Gasteiger partial charge in [0.15, 0.2) is 0 Å². The van der Waals surface area contributed by atoms with Crippen molar-refractivity contribution in [2.24, 2.45) is 0 Å². The lowest BCUT2D eigenvalue weighted by atomic mass is 10.4. The summed E-state index contributed by atoms with van der Waals surface area (Å²) < 4.78 is 0. The molecule has 0 atom stereocenters. The van der Waals surface area contributed by atoms with Gasteiger partial charge < -0.3 is 0 Å². The van der Waals surface area contributed by atoms with Gasteiger partial charge in [0.05, 0.1) is 0 Å². The predicted molar refractivity (Wildman–Crippen MR) is 103 cm³/mol. The highest BCUT2D eigenvalue weighted by Gasteiger charge is 2.44. The molecule has 3 rings (SSSR count). The van der Waals surface area contributed by atoms with Gasteiger partial charge in [0, 0.05) is 0 Å². The van der Waals surface area contributed by atoms with Gasteiger partial charge in [-0.3, -0.25) is 0 Å². The van der Waals surface area contributed by atoms with E-state index in [1.807, 2.05) is 6.92 Å². The first kappa shape index (κ1) is 15.5. The van der Waals surface area contributed by atoms with Crippen LogP contribution in [0.15, 0.2) is 91.0 Å². The summed E-state index contributed by atoms with van der Waals surface area (Å²) >= 11 is 0. The van der Waals surface area contributed by atoms with Crippen molar-refractivity contribution in [3.63, 3.8) is 0 Å². The Bertz CT molecular complexity index is 699. The summed E-state index contributed by atoms with van der Waals surface area (Å²) in [6, 6.07) is 32.6. The Labute approximate surface area is 139 Å². The van der Waals surface area contributed by atoms with Crippen LogP contribution in [0.2, 0.25) is 0 Å². The Balaban J connectivity index is 2.31. The van der Waals surface area contributed by atoms with Gasteiger partial charge in [-0.05, 0) is 43.3 Å². The molecular weight excluding hydrogens is 295 g/mol. The maximum Gasteiger partial charge on any atom is 0.133 e. The van der Waals surface area contributed by atoms with Gasteiger partial charge in [-0.2, -0.15) is 0 Å². The largest absolute Gasteiger partial charge is 0.133 e. The molecule has 0 spiro atoms. The molecule has 0 saturated carbocycles. The van der Waals surface area contributed by atoms with Crippen molar-refractivity contribution >= 4 is 23.2 Å². The van der Waals surface area contributed by atoms with Crippen molar-refractivity contribution in [3.05, 3.63) is 91.0 Å². The minimum absolute atomic E-state index is 0.877. The van der Waals surface area contributed by atoms with E-state index in [2.05, 4.69) is 103 Å². The molecule has 0 heterocycles. The van der Waals surface area contributed by atoms with E-state index in [4.69, 9.17) is 0 Å². The standard InChI is InChI=1S/C22H20P/c1-2-3-19-23(20-13-7-4-8-14-20,21-15-9-5-10-16-21)22-17-11-6-12-18-22/h4-18H,19H2,1H3/q+1. The Kier molecular flexibility index (Phi) is 4.92. The fraction of sp³-hybridized carbons (Fsp3) is 0.0909. The molecule has 3 aromatic carbocycles. The van der Waals surface area contributed by atoms with Crippen molar-refractivity contribution in [2.45, 2.75) is 6.92 Å². The molecule has 0 saturated heterocycles. The number of hydrogen-bond acceptors (Lipinski definition) is 0. The Morgan fingerprint density at radius 1 is 0.609 bits per heavy atom. The molecule has 0 nitrogen and oxygen atoms in total. The van der Waals surface area contributed by atoms with E-state index in [1.54, 1.807) is 0 Å². The summed E-state index contributed by atoms with van der Waals surface area (Å²) in [4.78, 5) is 0. The molecule has 0 fully saturated rings. The van der Waals surface area contributed by atoms with Gasteiger partial charge in [0.1, 0.15) is 29.3 Å². The van der Waals surface area contributed by atoms with E-state index in [-0.39, 0.29) is 0 Å². The monoisotopic (exact) mass is 315 g/mol. The highest BCUT2D eigenvalue weighted by atomic mass is 31.2. The molecule has 0 aliphatic rings. The summed E-state index contributed by atoms with van der Waals surface area (Å²) in [6.45, 7) is 1.93. The minimum Gasteiger partial charge on any atom is -0.103 e. The quantitative estimate of drug-likeness (QED) is 0.504. The van der Waals surface area contributed by atoms with Crippen molar-refractivity contribution < 1.29 is 0 Å². The van der Waals surface area contributed by atoms with Crippen LogP contribution in [0.1, 0.15) is 6.92 Å². The Morgan fingerprint density at radius 2 is 0.957 bits per heavy atom. The molecule has 1 heteroatoms. The summed E-state index contributed by atoms with van der Waals surface area (Å²) in [7, 11) is -1.74. The highest BCUT2D eigenvalue weighted by Crippen LogP contribution is 2.54. The average molecular weight is 315 g/mol. The molecule has 0 N–H and O–H groups in total. The van der Waals surface area contributed by atoms with Crippen LogP contribution in [-0.4, -0.2) is 6.16 Å². The third-order valence-electron chi connectivity index (χ3n) is 4.08. The molecule has 0 bridgehead atoms. The van der Waals surface area contributed by atoms with E-state index >= 15 is 0 Å². The normalized spacial score (nSPS) is 10.7. The predicted octanol–water partition coefficient (Wildman–Crippen LogP) is 4.00. The second-order valence-electron chi connectivity index (χ2n) is 5.40. The van der Waals surface area contributed by atoms with Crippen LogP contribution in [0.3, 0.4) is 0 Å². The zero-order valence-electron chi connectivity index (χ0n) is 13.3. The molecule has 0 aromatic heterocycles. The van der Waals surface area contributed by atoms with Crippen LogP contribution in [0.25, 0.3) is 0 Å². The smallest absolute Gasteiger partial charge is 0.103 e. The van der Waals surface area contributed by atoms with Gasteiger partial charge in [0.2, 0.25) is 0 Å². The van der Waals surface area contributed by atoms with Gasteiger partial charge >= 0.3 is 0 Å². The average Bonchev–Trinajstić information content (AvgIpc) is 2.65. The van der Waals surface area contributed by atoms with Gasteiger partial charge in [-0.25, -0.2) is 0 Å². The summed E-state index contributed by atoms with van der Waals surface area (Å²) in [5.74, 6) is 6.49. The fourth-order valence-corrected chi connectivity index (χ4v) is 6.85. The molecule has 0 aliphatic carbocycles. The van der Waals surface area contributed by atoms with E-state index in [0.717, 1.165) is 6.16 Å². The second kappa shape index (κ2) is 7.28. The lowest BCUT2D eigenvalue weighted by Gasteiger charge is -2.25. The molecular formula is C22H20P+. The first-order valence-electron chi connectivity index (χ1n) is 7.82. The molecule has 0 aliphatic heterocycles. The van der Waals surface area contributed by atoms with Crippen LogP contribution in [-0.2, 0) is 0 Å². The molecule has 0 radical (unpaired) electrons. The van der Waals surface area contributed by atoms with Crippen LogP contribution in [0.5, 0.6) is 0 Å². The first-order valence-corrected chi connectivity index (χ1v) is 9.80. The van der Waals surface area contributed by atoms with E-state index in [0.29, 0.717) is 0 Å². The van der Waals surface area contributed by atoms with Gasteiger partial charge in [-0.15, -0.1) is 5.92 Å². The van der Waals surface area contributed by atoms with Crippen LogP contribution in [0, 0.1) is 11.8 Å². The van der Waals surface area contributed by atoms with Gasteiger partial charge in [-0.1, -0.05) is 60.5 Å². The molecule has 23 heavy (non-hydrogen) atoms. The molecule has 112 valence electrons. The molecule has 3 aromatic rings. The number of rotatable bonds is 4. The zero-order valence-corrected chi connectivity index (χ0v) is 14.2. The van der Waals surface area contributed by atoms with Crippen molar-refractivity contribution in [1.82, 2.24) is 0 Å². The summed E-state index contributed by atoms with van der Waals surface area (Å²) in [5.41, 5.74) is 0. The first-order chi connectivity index (χ1) is 11.4. The summed E-state index contributed by atoms with van der Waals surface area (Å²) in [6.07, 6.45) is 0.877. The maximum absolute atomic E-state index is 3.38. The lowest BCUT2D eigenvalue weighted by molar-refractivity contribution is 1.68. The Hall–Kier alpha value is -2.35. The third kappa shape index (κ3) is 3.07. The Morgan fingerprint density at radius 3 is 1.26 bits per heavy atom. The van der Waals surface area contributed by atoms with Crippen molar-refractivity contribution in [3.8, 4) is 11.8 Å². The van der Waals surface area contributed by atoms with Crippen LogP contribution in [0.4, 0.5) is 0 Å². The molecule has 0 amide bonds.